The molecular weight excluding hydrogens is 490 g/mol. The molecule has 4 aromatic rings. The monoisotopic (exact) mass is 515 g/mol. The average molecular weight is 516 g/mol. The molecule has 2 aliphatic rings. The van der Waals surface area contributed by atoms with Crippen LogP contribution in [0.3, 0.4) is 0 Å². The van der Waals surface area contributed by atoms with E-state index in [9.17, 15) is 13.2 Å². The SMILES string of the molecule is O=C(NCc1cc2nc(-c3cccc(N4CCC4)c3)ccc2cn1)c1cnc2c(c1)S(=O)(=O)CCOC2. The second-order valence-corrected chi connectivity index (χ2v) is 11.3. The van der Waals surface area contributed by atoms with Crippen molar-refractivity contribution in [2.75, 3.05) is 30.3 Å². The Balaban J connectivity index is 1.20. The lowest BCUT2D eigenvalue weighted by Crippen LogP contribution is -2.36. The summed E-state index contributed by atoms with van der Waals surface area (Å²) in [4.78, 5) is 28.7. The number of amides is 1. The van der Waals surface area contributed by atoms with Crippen molar-refractivity contribution in [3.63, 3.8) is 0 Å². The molecule has 1 N–H and O–H groups in total. The molecule has 3 aromatic heterocycles. The number of carbonyl (C=O) groups excluding carboxylic acids is 1. The summed E-state index contributed by atoms with van der Waals surface area (Å²) in [6, 6.07) is 15.6. The fourth-order valence-corrected chi connectivity index (χ4v) is 5.78. The lowest BCUT2D eigenvalue weighted by atomic mass is 10.1. The van der Waals surface area contributed by atoms with Crippen LogP contribution in [0.5, 0.6) is 0 Å². The zero-order valence-electron chi connectivity index (χ0n) is 20.1. The summed E-state index contributed by atoms with van der Waals surface area (Å²) in [6.45, 7) is 2.54. The second-order valence-electron chi connectivity index (χ2n) is 9.18. The zero-order valence-corrected chi connectivity index (χ0v) is 20.9. The number of fused-ring (bicyclic) bond motifs is 2. The van der Waals surface area contributed by atoms with Crippen LogP contribution in [0.25, 0.3) is 22.2 Å². The van der Waals surface area contributed by atoms with Gasteiger partial charge in [0.15, 0.2) is 9.84 Å². The summed E-state index contributed by atoms with van der Waals surface area (Å²) in [5, 5.41) is 3.71. The van der Waals surface area contributed by atoms with E-state index in [1.54, 1.807) is 6.20 Å². The molecule has 0 bridgehead atoms. The van der Waals surface area contributed by atoms with Crippen LogP contribution in [-0.4, -0.2) is 54.7 Å². The van der Waals surface area contributed by atoms with Gasteiger partial charge in [0.1, 0.15) is 0 Å². The number of hydrogen-bond donors (Lipinski definition) is 1. The van der Waals surface area contributed by atoms with E-state index in [0.29, 0.717) is 11.4 Å². The van der Waals surface area contributed by atoms with Gasteiger partial charge in [-0.05, 0) is 42.8 Å². The number of sulfone groups is 1. The van der Waals surface area contributed by atoms with E-state index in [-0.39, 0.29) is 36.0 Å². The summed E-state index contributed by atoms with van der Waals surface area (Å²) in [5.74, 6) is -0.562. The number of benzene rings is 1. The molecule has 10 heteroatoms. The van der Waals surface area contributed by atoms with Crippen molar-refractivity contribution >= 4 is 32.3 Å². The molecule has 1 aromatic carbocycles. The molecule has 0 spiro atoms. The zero-order chi connectivity index (χ0) is 25.4. The maximum absolute atomic E-state index is 12.8. The van der Waals surface area contributed by atoms with Gasteiger partial charge in [0.2, 0.25) is 0 Å². The van der Waals surface area contributed by atoms with Crippen LogP contribution >= 0.6 is 0 Å². The van der Waals surface area contributed by atoms with Crippen molar-refractivity contribution in [2.24, 2.45) is 0 Å². The Labute approximate surface area is 214 Å². The highest BCUT2D eigenvalue weighted by Crippen LogP contribution is 2.27. The molecule has 37 heavy (non-hydrogen) atoms. The minimum absolute atomic E-state index is 0.0522. The largest absolute Gasteiger partial charge is 0.374 e. The van der Waals surface area contributed by atoms with Crippen molar-refractivity contribution in [2.45, 2.75) is 24.5 Å². The predicted molar refractivity (Wildman–Crippen MR) is 139 cm³/mol. The van der Waals surface area contributed by atoms with E-state index < -0.39 is 15.7 Å². The molecule has 0 unspecified atom stereocenters. The molecule has 6 rings (SSSR count). The van der Waals surface area contributed by atoms with E-state index in [1.807, 2.05) is 18.2 Å². The van der Waals surface area contributed by atoms with Crippen LogP contribution in [0.4, 0.5) is 5.69 Å². The smallest absolute Gasteiger partial charge is 0.253 e. The number of aromatic nitrogens is 3. The van der Waals surface area contributed by atoms with Crippen molar-refractivity contribution in [3.8, 4) is 11.3 Å². The summed E-state index contributed by atoms with van der Waals surface area (Å²) in [6.07, 6.45) is 4.33. The number of rotatable bonds is 5. The number of nitrogens with one attached hydrogen (secondary N) is 1. The Morgan fingerprint density at radius 2 is 1.95 bits per heavy atom. The first-order valence-electron chi connectivity index (χ1n) is 12.1. The lowest BCUT2D eigenvalue weighted by molar-refractivity contribution is 0.0949. The normalized spacial score (nSPS) is 16.5. The summed E-state index contributed by atoms with van der Waals surface area (Å²) >= 11 is 0. The van der Waals surface area contributed by atoms with Crippen LogP contribution in [0.1, 0.15) is 28.2 Å². The van der Waals surface area contributed by atoms with Gasteiger partial charge in [-0.2, -0.15) is 0 Å². The molecule has 9 nitrogen and oxygen atoms in total. The van der Waals surface area contributed by atoms with Gasteiger partial charge in [0.05, 0.1) is 58.6 Å². The van der Waals surface area contributed by atoms with Gasteiger partial charge in [-0.3, -0.25) is 14.8 Å². The third-order valence-corrected chi connectivity index (χ3v) is 8.41. The first-order chi connectivity index (χ1) is 18.0. The molecule has 2 aliphatic heterocycles. The molecule has 1 amide bonds. The van der Waals surface area contributed by atoms with E-state index in [0.717, 1.165) is 35.2 Å². The minimum atomic E-state index is -3.55. The Morgan fingerprint density at radius 3 is 2.78 bits per heavy atom. The molecule has 0 radical (unpaired) electrons. The van der Waals surface area contributed by atoms with E-state index >= 15 is 0 Å². The summed E-state index contributed by atoms with van der Waals surface area (Å²) < 4.78 is 30.3. The second kappa shape index (κ2) is 9.53. The number of anilines is 1. The van der Waals surface area contributed by atoms with Gasteiger partial charge in [0.25, 0.3) is 5.91 Å². The molecular formula is C27H25N5O4S. The number of hydrogen-bond acceptors (Lipinski definition) is 8. The highest BCUT2D eigenvalue weighted by Gasteiger charge is 2.25. The number of ether oxygens (including phenoxy) is 1. The van der Waals surface area contributed by atoms with Crippen molar-refractivity contribution in [3.05, 3.63) is 77.9 Å². The minimum Gasteiger partial charge on any atom is -0.374 e. The Bertz CT molecular complexity index is 1620. The molecule has 0 saturated carbocycles. The quantitative estimate of drug-likeness (QED) is 0.431. The first-order valence-corrected chi connectivity index (χ1v) is 13.8. The van der Waals surface area contributed by atoms with Gasteiger partial charge >= 0.3 is 0 Å². The fraction of sp³-hybridized carbons (Fsp3) is 0.259. The summed E-state index contributed by atoms with van der Waals surface area (Å²) in [7, 11) is -3.55. The molecule has 0 atom stereocenters. The molecule has 188 valence electrons. The number of nitrogens with zero attached hydrogens (tertiary/aromatic N) is 4. The Kier molecular flexibility index (Phi) is 6.05. The number of pyridine rings is 3. The highest BCUT2D eigenvalue weighted by atomic mass is 32.2. The van der Waals surface area contributed by atoms with Crippen LogP contribution in [0.2, 0.25) is 0 Å². The molecule has 0 aliphatic carbocycles. The maximum Gasteiger partial charge on any atom is 0.253 e. The van der Waals surface area contributed by atoms with Gasteiger partial charge in [-0.1, -0.05) is 12.1 Å². The van der Waals surface area contributed by atoms with Crippen LogP contribution < -0.4 is 10.2 Å². The maximum atomic E-state index is 12.8. The average Bonchev–Trinajstić information content (AvgIpc) is 3.03. The third kappa shape index (κ3) is 4.77. The first kappa shape index (κ1) is 23.5. The molecule has 1 saturated heterocycles. The van der Waals surface area contributed by atoms with Crippen molar-refractivity contribution in [1.29, 1.82) is 0 Å². The van der Waals surface area contributed by atoms with Crippen LogP contribution in [0, 0.1) is 0 Å². The molecule has 1 fully saturated rings. The lowest BCUT2D eigenvalue weighted by Gasteiger charge is -2.33. The predicted octanol–water partition coefficient (Wildman–Crippen LogP) is 3.14. The van der Waals surface area contributed by atoms with E-state index in [2.05, 4.69) is 44.5 Å². The van der Waals surface area contributed by atoms with E-state index in [4.69, 9.17) is 9.72 Å². The van der Waals surface area contributed by atoms with Gasteiger partial charge in [0, 0.05) is 42.1 Å². The Hall–Kier alpha value is -3.89. The number of carbonyl (C=O) groups is 1. The van der Waals surface area contributed by atoms with Crippen molar-refractivity contribution < 1.29 is 17.9 Å². The van der Waals surface area contributed by atoms with Crippen molar-refractivity contribution in [1.82, 2.24) is 20.3 Å². The molecule has 5 heterocycles. The highest BCUT2D eigenvalue weighted by molar-refractivity contribution is 7.91. The van der Waals surface area contributed by atoms with Crippen LogP contribution in [0.15, 0.2) is 65.8 Å². The fourth-order valence-electron chi connectivity index (χ4n) is 4.45. The third-order valence-electron chi connectivity index (χ3n) is 6.69. The summed E-state index contributed by atoms with van der Waals surface area (Å²) in [5.41, 5.74) is 5.05. The van der Waals surface area contributed by atoms with Crippen LogP contribution in [-0.2, 0) is 27.7 Å². The van der Waals surface area contributed by atoms with Gasteiger partial charge < -0.3 is 15.0 Å². The Morgan fingerprint density at radius 1 is 1.05 bits per heavy atom. The van der Waals surface area contributed by atoms with Gasteiger partial charge in [-0.15, -0.1) is 0 Å². The standard InChI is InChI=1S/C27H25N5O4S/c33-27(20-12-26-25(29-15-20)17-36-9-10-37(26,34)35)30-16-21-13-24-19(14-28-21)5-6-23(31-24)18-3-1-4-22(11-18)32-7-2-8-32/h1,3-6,11-15H,2,7-10,16-17H2,(H,30,33). The topological polar surface area (TPSA) is 114 Å². The van der Waals surface area contributed by atoms with E-state index in [1.165, 1.54) is 24.4 Å². The van der Waals surface area contributed by atoms with Gasteiger partial charge in [-0.25, -0.2) is 13.4 Å².